The van der Waals surface area contributed by atoms with Gasteiger partial charge in [0.2, 0.25) is 0 Å². The normalized spacial score (nSPS) is 11.5. The largest absolute Gasteiger partial charge is 0.508 e. The third-order valence-electron chi connectivity index (χ3n) is 3.52. The van der Waals surface area contributed by atoms with E-state index in [1.54, 1.807) is 12.1 Å². The molecule has 0 spiro atoms. The lowest BCUT2D eigenvalue weighted by atomic mass is 9.96. The first kappa shape index (κ1) is 15.9. The molecule has 0 bridgehead atoms. The highest BCUT2D eigenvalue weighted by atomic mass is 16.3. The van der Waals surface area contributed by atoms with Crippen molar-refractivity contribution in [1.29, 1.82) is 0 Å². The van der Waals surface area contributed by atoms with Gasteiger partial charge in [-0.3, -0.25) is 0 Å². The Bertz CT molecular complexity index is 371. The molecule has 0 aliphatic heterocycles. The van der Waals surface area contributed by atoms with Crippen LogP contribution in [-0.4, -0.2) is 10.2 Å². The molecule has 2 heteroatoms. The Morgan fingerprint density at radius 2 is 1.47 bits per heavy atom. The number of hydrogen-bond donors (Lipinski definition) is 2. The van der Waals surface area contributed by atoms with Gasteiger partial charge in [0.25, 0.3) is 0 Å². The zero-order chi connectivity index (χ0) is 14.4. The molecule has 2 N–H and O–H groups in total. The summed E-state index contributed by atoms with van der Waals surface area (Å²) in [5.74, 6) is 1.37. The maximum absolute atomic E-state index is 9.96. The van der Waals surface area contributed by atoms with Gasteiger partial charge in [-0.05, 0) is 42.4 Å². The van der Waals surface area contributed by atoms with Crippen molar-refractivity contribution in [2.24, 2.45) is 5.92 Å². The second-order valence-electron chi connectivity index (χ2n) is 6.20. The molecule has 0 amide bonds. The van der Waals surface area contributed by atoms with Gasteiger partial charge in [-0.2, -0.15) is 0 Å². The first-order valence-electron chi connectivity index (χ1n) is 7.46. The second-order valence-corrected chi connectivity index (χ2v) is 6.20. The van der Waals surface area contributed by atoms with Crippen molar-refractivity contribution in [3.8, 4) is 11.5 Å². The fourth-order valence-electron chi connectivity index (χ4n) is 2.47. The monoisotopic (exact) mass is 264 g/mol. The number of aromatic hydroxyl groups is 2. The van der Waals surface area contributed by atoms with Gasteiger partial charge in [0, 0.05) is 5.56 Å². The zero-order valence-electron chi connectivity index (χ0n) is 12.7. The Morgan fingerprint density at radius 3 is 1.95 bits per heavy atom. The lowest BCUT2D eigenvalue weighted by molar-refractivity contribution is 0.431. The molecule has 0 aromatic heterocycles. The van der Waals surface area contributed by atoms with Crippen LogP contribution < -0.4 is 0 Å². The molecule has 0 aliphatic carbocycles. The average molecular weight is 264 g/mol. The zero-order valence-corrected chi connectivity index (χ0v) is 12.7. The molecule has 0 aliphatic rings. The van der Waals surface area contributed by atoms with Crippen LogP contribution in [0.1, 0.15) is 70.4 Å². The molecule has 19 heavy (non-hydrogen) atoms. The molecule has 0 saturated heterocycles. The molecule has 0 fully saturated rings. The van der Waals surface area contributed by atoms with E-state index in [4.69, 9.17) is 0 Å². The smallest absolute Gasteiger partial charge is 0.123 e. The Labute approximate surface area is 117 Å². The lowest BCUT2D eigenvalue weighted by Gasteiger charge is -2.13. The van der Waals surface area contributed by atoms with Crippen molar-refractivity contribution in [1.82, 2.24) is 0 Å². The summed E-state index contributed by atoms with van der Waals surface area (Å²) in [6, 6.07) is 3.61. The minimum Gasteiger partial charge on any atom is -0.508 e. The summed E-state index contributed by atoms with van der Waals surface area (Å²) in [4.78, 5) is 0. The van der Waals surface area contributed by atoms with Gasteiger partial charge in [0.15, 0.2) is 0 Å². The van der Waals surface area contributed by atoms with Crippen molar-refractivity contribution >= 4 is 0 Å². The molecular formula is C17H28O2. The lowest BCUT2D eigenvalue weighted by Crippen LogP contribution is -1.93. The first-order valence-corrected chi connectivity index (χ1v) is 7.46. The summed E-state index contributed by atoms with van der Waals surface area (Å²) in [5.41, 5.74) is 1.69. The van der Waals surface area contributed by atoms with Crippen LogP contribution in [0.3, 0.4) is 0 Å². The molecule has 2 nitrogen and oxygen atoms in total. The van der Waals surface area contributed by atoms with E-state index < -0.39 is 0 Å². The number of benzene rings is 1. The van der Waals surface area contributed by atoms with Crippen molar-refractivity contribution < 1.29 is 10.2 Å². The third-order valence-corrected chi connectivity index (χ3v) is 3.52. The first-order chi connectivity index (χ1) is 8.91. The second kappa shape index (κ2) is 7.42. The van der Waals surface area contributed by atoms with E-state index in [0.717, 1.165) is 24.3 Å². The van der Waals surface area contributed by atoms with Gasteiger partial charge >= 0.3 is 0 Å². The van der Waals surface area contributed by atoms with Crippen molar-refractivity contribution in [3.63, 3.8) is 0 Å². The molecule has 0 unspecified atom stereocenters. The summed E-state index contributed by atoms with van der Waals surface area (Å²) < 4.78 is 0. The molecule has 1 rings (SSSR count). The summed E-state index contributed by atoms with van der Waals surface area (Å²) in [6.07, 6.45) is 5.80. The number of aryl methyl sites for hydroxylation is 1. The Balaban J connectivity index is 2.52. The third kappa shape index (κ3) is 5.14. The predicted octanol–water partition coefficient (Wildman–Crippen LogP) is 4.98. The van der Waals surface area contributed by atoms with Crippen LogP contribution in [0.25, 0.3) is 0 Å². The molecule has 0 radical (unpaired) electrons. The van der Waals surface area contributed by atoms with E-state index >= 15 is 0 Å². The summed E-state index contributed by atoms with van der Waals surface area (Å²) in [7, 11) is 0. The van der Waals surface area contributed by atoms with Crippen LogP contribution in [0.15, 0.2) is 12.1 Å². The number of phenols is 2. The maximum atomic E-state index is 9.96. The van der Waals surface area contributed by atoms with Crippen LogP contribution in [-0.2, 0) is 6.42 Å². The SMILES string of the molecule is CC(C)CCCCCc1cc(O)c(C(C)C)c(O)c1. The van der Waals surface area contributed by atoms with Crippen LogP contribution in [0.4, 0.5) is 0 Å². The molecule has 0 heterocycles. The topological polar surface area (TPSA) is 40.5 Å². The van der Waals surface area contributed by atoms with Crippen LogP contribution in [0.2, 0.25) is 0 Å². The summed E-state index contributed by atoms with van der Waals surface area (Å²) in [5, 5.41) is 19.9. The van der Waals surface area contributed by atoms with Gasteiger partial charge in [-0.15, -0.1) is 0 Å². The van der Waals surface area contributed by atoms with E-state index in [1.807, 2.05) is 13.8 Å². The van der Waals surface area contributed by atoms with E-state index in [0.29, 0.717) is 5.56 Å². The van der Waals surface area contributed by atoms with Crippen molar-refractivity contribution in [2.75, 3.05) is 0 Å². The molecule has 0 saturated carbocycles. The minimum absolute atomic E-state index is 0.139. The van der Waals surface area contributed by atoms with Crippen molar-refractivity contribution in [2.45, 2.75) is 65.7 Å². The highest BCUT2D eigenvalue weighted by molar-refractivity contribution is 5.48. The summed E-state index contributed by atoms with van der Waals surface area (Å²) in [6.45, 7) is 8.45. The quantitative estimate of drug-likeness (QED) is 0.682. The highest BCUT2D eigenvalue weighted by Crippen LogP contribution is 2.35. The standard InChI is InChI=1S/C17H28O2/c1-12(2)8-6-5-7-9-14-10-15(18)17(13(3)4)16(19)11-14/h10-13,18-19H,5-9H2,1-4H3. The van der Waals surface area contributed by atoms with E-state index in [1.165, 1.54) is 19.3 Å². The summed E-state index contributed by atoms with van der Waals surface area (Å²) >= 11 is 0. The van der Waals surface area contributed by atoms with Gasteiger partial charge < -0.3 is 10.2 Å². The number of rotatable bonds is 7. The Kier molecular flexibility index (Phi) is 6.20. The number of phenolic OH excluding ortho intramolecular Hbond substituents is 2. The molecule has 1 aromatic carbocycles. The van der Waals surface area contributed by atoms with Gasteiger partial charge in [0.05, 0.1) is 0 Å². The van der Waals surface area contributed by atoms with Gasteiger partial charge in [0.1, 0.15) is 11.5 Å². The number of unbranched alkanes of at least 4 members (excludes halogenated alkanes) is 2. The Hall–Kier alpha value is -1.18. The Morgan fingerprint density at radius 1 is 0.895 bits per heavy atom. The fraction of sp³-hybridized carbons (Fsp3) is 0.647. The van der Waals surface area contributed by atoms with Crippen LogP contribution in [0.5, 0.6) is 11.5 Å². The molecule has 1 aromatic rings. The van der Waals surface area contributed by atoms with Crippen LogP contribution in [0, 0.1) is 5.92 Å². The van der Waals surface area contributed by atoms with Gasteiger partial charge in [-0.25, -0.2) is 0 Å². The number of hydrogen-bond acceptors (Lipinski definition) is 2. The molecular weight excluding hydrogens is 236 g/mol. The molecule has 0 atom stereocenters. The maximum Gasteiger partial charge on any atom is 0.123 e. The minimum atomic E-state index is 0.139. The predicted molar refractivity (Wildman–Crippen MR) is 80.9 cm³/mol. The fourth-order valence-corrected chi connectivity index (χ4v) is 2.47. The van der Waals surface area contributed by atoms with Crippen molar-refractivity contribution in [3.05, 3.63) is 23.3 Å². The highest BCUT2D eigenvalue weighted by Gasteiger charge is 2.12. The van der Waals surface area contributed by atoms with E-state index in [-0.39, 0.29) is 17.4 Å². The van der Waals surface area contributed by atoms with E-state index in [2.05, 4.69) is 13.8 Å². The average Bonchev–Trinajstić information content (AvgIpc) is 2.26. The van der Waals surface area contributed by atoms with Gasteiger partial charge in [-0.1, -0.05) is 47.0 Å². The molecule has 108 valence electrons. The van der Waals surface area contributed by atoms with Crippen LogP contribution >= 0.6 is 0 Å². The van der Waals surface area contributed by atoms with E-state index in [9.17, 15) is 10.2 Å².